The molecule has 170 valence electrons. The minimum absolute atomic E-state index is 0.233. The van der Waals surface area contributed by atoms with Gasteiger partial charge in [-0.15, -0.1) is 0 Å². The highest BCUT2D eigenvalue weighted by Crippen LogP contribution is 2.20. The van der Waals surface area contributed by atoms with Gasteiger partial charge in [0.25, 0.3) is 0 Å². The van der Waals surface area contributed by atoms with Gasteiger partial charge in [0.05, 0.1) is 18.8 Å². The van der Waals surface area contributed by atoms with E-state index >= 15 is 0 Å². The summed E-state index contributed by atoms with van der Waals surface area (Å²) in [4.78, 5) is 25.0. The van der Waals surface area contributed by atoms with Crippen molar-refractivity contribution in [1.29, 1.82) is 0 Å². The molecule has 1 heterocycles. The first-order valence-corrected chi connectivity index (χ1v) is 12.1. The predicted molar refractivity (Wildman–Crippen MR) is 118 cm³/mol. The molecule has 0 spiro atoms. The Morgan fingerprint density at radius 1 is 0.862 bits per heavy atom. The van der Waals surface area contributed by atoms with Crippen LogP contribution in [0.15, 0.2) is 0 Å². The van der Waals surface area contributed by atoms with E-state index in [1.807, 2.05) is 13.8 Å². The molecule has 0 aromatic heterocycles. The average Bonchev–Trinajstić information content (AvgIpc) is 3.15. The maximum absolute atomic E-state index is 12.5. The molecule has 0 aliphatic carbocycles. The molecule has 0 radical (unpaired) electrons. The van der Waals surface area contributed by atoms with Gasteiger partial charge in [0.15, 0.2) is 0 Å². The summed E-state index contributed by atoms with van der Waals surface area (Å²) in [6.07, 6.45) is 17.6. The quantitative estimate of drug-likeness (QED) is 0.283. The third kappa shape index (κ3) is 13.7. The number of carbonyl (C=O) groups excluding carboxylic acids is 1. The van der Waals surface area contributed by atoms with Gasteiger partial charge in [0.1, 0.15) is 0 Å². The van der Waals surface area contributed by atoms with E-state index in [9.17, 15) is 9.59 Å². The third-order valence-electron chi connectivity index (χ3n) is 5.85. The van der Waals surface area contributed by atoms with Crippen molar-refractivity contribution in [3.63, 3.8) is 0 Å². The van der Waals surface area contributed by atoms with E-state index in [1.54, 1.807) is 0 Å². The molecular formula is C24H45NO4. The molecule has 1 rings (SSSR count). The fraction of sp³-hybridized carbons (Fsp3) is 0.917. The molecule has 5 heteroatoms. The van der Waals surface area contributed by atoms with E-state index < -0.39 is 5.97 Å². The fourth-order valence-electron chi connectivity index (χ4n) is 4.10. The van der Waals surface area contributed by atoms with Gasteiger partial charge in [-0.25, -0.2) is 0 Å². The Bertz CT molecular complexity index is 439. The normalized spacial score (nSPS) is 16.7. The Morgan fingerprint density at radius 3 is 1.83 bits per heavy atom. The Morgan fingerprint density at radius 2 is 1.34 bits per heavy atom. The van der Waals surface area contributed by atoms with Crippen molar-refractivity contribution in [2.75, 3.05) is 13.2 Å². The zero-order valence-electron chi connectivity index (χ0n) is 19.0. The maximum Gasteiger partial charge on any atom is 0.303 e. The summed E-state index contributed by atoms with van der Waals surface area (Å²) in [5, 5.41) is 8.59. The smallest absolute Gasteiger partial charge is 0.303 e. The van der Waals surface area contributed by atoms with Crippen molar-refractivity contribution in [1.82, 2.24) is 4.90 Å². The summed E-state index contributed by atoms with van der Waals surface area (Å²) in [6, 6.07) is 0.294. The van der Waals surface area contributed by atoms with E-state index in [0.717, 1.165) is 45.1 Å². The Labute approximate surface area is 178 Å². The van der Waals surface area contributed by atoms with Gasteiger partial charge in [0.2, 0.25) is 5.91 Å². The second kappa shape index (κ2) is 16.7. The summed E-state index contributed by atoms with van der Waals surface area (Å²) >= 11 is 0. The van der Waals surface area contributed by atoms with Crippen LogP contribution in [0.25, 0.3) is 0 Å². The topological polar surface area (TPSA) is 66.8 Å². The molecule has 29 heavy (non-hydrogen) atoms. The van der Waals surface area contributed by atoms with Gasteiger partial charge in [-0.2, -0.15) is 0 Å². The number of unbranched alkanes of at least 4 members (excludes halogenated alkanes) is 11. The molecule has 1 unspecified atom stereocenters. The minimum Gasteiger partial charge on any atom is -0.481 e. The molecular weight excluding hydrogens is 366 g/mol. The average molecular weight is 412 g/mol. The van der Waals surface area contributed by atoms with Gasteiger partial charge < -0.3 is 14.7 Å². The number of ether oxygens (including phenoxy) is 1. The molecule has 0 aromatic rings. The van der Waals surface area contributed by atoms with E-state index in [4.69, 9.17) is 9.84 Å². The van der Waals surface area contributed by atoms with Gasteiger partial charge >= 0.3 is 5.97 Å². The zero-order valence-corrected chi connectivity index (χ0v) is 19.0. The minimum atomic E-state index is -0.675. The van der Waals surface area contributed by atoms with E-state index in [-0.39, 0.29) is 6.10 Å². The molecule has 1 aliphatic rings. The van der Waals surface area contributed by atoms with Gasteiger partial charge in [-0.3, -0.25) is 9.59 Å². The fourth-order valence-corrected chi connectivity index (χ4v) is 4.10. The van der Waals surface area contributed by atoms with Crippen LogP contribution in [0.4, 0.5) is 0 Å². The van der Waals surface area contributed by atoms with Gasteiger partial charge in [-0.05, 0) is 39.5 Å². The van der Waals surface area contributed by atoms with Gasteiger partial charge in [-0.1, -0.05) is 64.2 Å². The summed E-state index contributed by atoms with van der Waals surface area (Å²) in [6.45, 7) is 5.69. The Kier molecular flexibility index (Phi) is 14.9. The summed E-state index contributed by atoms with van der Waals surface area (Å²) in [7, 11) is 0. The summed E-state index contributed by atoms with van der Waals surface area (Å²) in [5.74, 6) is -0.353. The van der Waals surface area contributed by atoms with Crippen LogP contribution in [-0.4, -0.2) is 47.2 Å². The van der Waals surface area contributed by atoms with Crippen LogP contribution in [0.5, 0.6) is 0 Å². The SMILES string of the molecule is CC(C)OCC1CCCN1C(=O)CCCCCCCCCCCCCCC(=O)O. The lowest BCUT2D eigenvalue weighted by Gasteiger charge is -2.25. The number of hydrogen-bond acceptors (Lipinski definition) is 3. The number of hydrogen-bond donors (Lipinski definition) is 1. The lowest BCUT2D eigenvalue weighted by molar-refractivity contribution is -0.137. The molecule has 0 bridgehead atoms. The maximum atomic E-state index is 12.5. The van der Waals surface area contributed by atoms with E-state index in [0.29, 0.717) is 31.4 Å². The molecule has 1 aliphatic heterocycles. The summed E-state index contributed by atoms with van der Waals surface area (Å²) in [5.41, 5.74) is 0. The second-order valence-corrected chi connectivity index (χ2v) is 8.90. The third-order valence-corrected chi connectivity index (χ3v) is 5.85. The van der Waals surface area contributed by atoms with Crippen molar-refractivity contribution in [2.45, 2.75) is 129 Å². The Hall–Kier alpha value is -1.10. The molecule has 1 fully saturated rings. The van der Waals surface area contributed by atoms with Crippen LogP contribution in [-0.2, 0) is 14.3 Å². The highest BCUT2D eigenvalue weighted by atomic mass is 16.5. The summed E-state index contributed by atoms with van der Waals surface area (Å²) < 4.78 is 5.72. The molecule has 1 amide bonds. The Balaban J connectivity index is 1.89. The number of carbonyl (C=O) groups is 2. The van der Waals surface area contributed by atoms with Crippen molar-refractivity contribution >= 4 is 11.9 Å². The second-order valence-electron chi connectivity index (χ2n) is 8.90. The molecule has 0 saturated carbocycles. The molecule has 0 aromatic carbocycles. The molecule has 1 atom stereocenters. The number of likely N-dealkylation sites (tertiary alicyclic amines) is 1. The first-order chi connectivity index (χ1) is 14.0. The van der Waals surface area contributed by atoms with Crippen molar-refractivity contribution in [3.05, 3.63) is 0 Å². The highest BCUT2D eigenvalue weighted by Gasteiger charge is 2.28. The van der Waals surface area contributed by atoms with Crippen molar-refractivity contribution in [2.24, 2.45) is 0 Å². The highest BCUT2D eigenvalue weighted by molar-refractivity contribution is 5.76. The standard InChI is InChI=1S/C24H45NO4/c1-21(2)29-20-22-16-15-19-25(22)23(26)17-13-11-9-7-5-3-4-6-8-10-12-14-18-24(27)28/h21-22H,3-20H2,1-2H3,(H,27,28). The molecule has 1 saturated heterocycles. The first-order valence-electron chi connectivity index (χ1n) is 12.1. The number of amides is 1. The number of rotatable bonds is 18. The van der Waals surface area contributed by atoms with Crippen molar-refractivity contribution in [3.8, 4) is 0 Å². The van der Waals surface area contributed by atoms with E-state index in [2.05, 4.69) is 4.90 Å². The monoisotopic (exact) mass is 411 g/mol. The van der Waals surface area contributed by atoms with Crippen LogP contribution >= 0.6 is 0 Å². The number of aliphatic carboxylic acids is 1. The van der Waals surface area contributed by atoms with Gasteiger partial charge in [0, 0.05) is 19.4 Å². The number of nitrogens with zero attached hydrogens (tertiary/aromatic N) is 1. The lowest BCUT2D eigenvalue weighted by atomic mass is 10.0. The van der Waals surface area contributed by atoms with Crippen LogP contribution in [0, 0.1) is 0 Å². The first kappa shape index (κ1) is 25.9. The van der Waals surface area contributed by atoms with Crippen LogP contribution in [0.2, 0.25) is 0 Å². The number of carboxylic acids is 1. The van der Waals surface area contributed by atoms with Crippen LogP contribution in [0.3, 0.4) is 0 Å². The number of carboxylic acid groups (broad SMARTS) is 1. The molecule has 5 nitrogen and oxygen atoms in total. The van der Waals surface area contributed by atoms with Crippen LogP contribution in [0.1, 0.15) is 117 Å². The molecule has 1 N–H and O–H groups in total. The van der Waals surface area contributed by atoms with Crippen LogP contribution < -0.4 is 0 Å². The lowest BCUT2D eigenvalue weighted by Crippen LogP contribution is -2.38. The van der Waals surface area contributed by atoms with E-state index in [1.165, 1.54) is 51.4 Å². The zero-order chi connectivity index (χ0) is 21.3. The largest absolute Gasteiger partial charge is 0.481 e. The predicted octanol–water partition coefficient (Wildman–Crippen LogP) is 5.95. The van der Waals surface area contributed by atoms with Crippen molar-refractivity contribution < 1.29 is 19.4 Å².